The minimum atomic E-state index is -0.206. The molecule has 1 unspecified atom stereocenters. The number of ether oxygens (including phenoxy) is 1. The van der Waals surface area contributed by atoms with Gasteiger partial charge in [0.2, 0.25) is 11.8 Å². The monoisotopic (exact) mass is 268 g/mol. The van der Waals surface area contributed by atoms with E-state index < -0.39 is 0 Å². The maximum Gasteiger partial charge on any atom is 0.239 e. The van der Waals surface area contributed by atoms with Crippen molar-refractivity contribution in [3.63, 3.8) is 0 Å². The third-order valence-corrected chi connectivity index (χ3v) is 3.05. The summed E-state index contributed by atoms with van der Waals surface area (Å²) in [5.74, 6) is 1.34. The average molecular weight is 268 g/mol. The van der Waals surface area contributed by atoms with Crippen LogP contribution < -0.4 is 5.32 Å². The molecule has 0 aromatic carbocycles. The molecule has 1 fully saturated rings. The summed E-state index contributed by atoms with van der Waals surface area (Å²) in [7, 11) is 0. The second-order valence-corrected chi connectivity index (χ2v) is 4.60. The molecule has 106 valence electrons. The number of hydrogen-bond acceptors (Lipinski definition) is 6. The summed E-state index contributed by atoms with van der Waals surface area (Å²) in [5.41, 5.74) is 0. The van der Waals surface area contributed by atoms with E-state index in [0.717, 1.165) is 0 Å². The van der Waals surface area contributed by atoms with Crippen LogP contribution in [0.3, 0.4) is 0 Å². The van der Waals surface area contributed by atoms with Crippen molar-refractivity contribution >= 4 is 5.91 Å². The van der Waals surface area contributed by atoms with Crippen molar-refractivity contribution in [3.8, 4) is 0 Å². The highest BCUT2D eigenvalue weighted by molar-refractivity contribution is 5.81. The van der Waals surface area contributed by atoms with Gasteiger partial charge in [-0.15, -0.1) is 0 Å². The summed E-state index contributed by atoms with van der Waals surface area (Å²) in [4.78, 5) is 18.0. The molecule has 1 saturated heterocycles. The molecule has 1 aliphatic heterocycles. The summed E-state index contributed by atoms with van der Waals surface area (Å²) in [6, 6.07) is -0.206. The molecule has 2 rings (SSSR count). The fourth-order valence-corrected chi connectivity index (χ4v) is 1.98. The third kappa shape index (κ3) is 4.00. The lowest BCUT2D eigenvalue weighted by Gasteiger charge is -2.29. The molecule has 19 heavy (non-hydrogen) atoms. The summed E-state index contributed by atoms with van der Waals surface area (Å²) in [6.07, 6.45) is 0.627. The summed E-state index contributed by atoms with van der Waals surface area (Å²) < 4.78 is 10.2. The van der Waals surface area contributed by atoms with Crippen LogP contribution in [-0.4, -0.2) is 59.8 Å². The molecule has 7 heteroatoms. The van der Waals surface area contributed by atoms with Crippen LogP contribution in [0.2, 0.25) is 0 Å². The Hall–Kier alpha value is -1.47. The van der Waals surface area contributed by atoms with Crippen LogP contribution in [0.4, 0.5) is 0 Å². The molecule has 1 N–H and O–H groups in total. The first kappa shape index (κ1) is 14.0. The first-order valence-corrected chi connectivity index (χ1v) is 6.56. The molecule has 0 radical (unpaired) electrons. The first-order chi connectivity index (χ1) is 9.16. The molecule has 1 aromatic heterocycles. The Labute approximate surface area is 112 Å². The van der Waals surface area contributed by atoms with Gasteiger partial charge in [-0.2, -0.15) is 4.98 Å². The Kier molecular flexibility index (Phi) is 4.86. The van der Waals surface area contributed by atoms with Crippen molar-refractivity contribution in [2.24, 2.45) is 0 Å². The Morgan fingerprint density at radius 3 is 2.84 bits per heavy atom. The molecule has 0 spiro atoms. The van der Waals surface area contributed by atoms with Crippen molar-refractivity contribution in [3.05, 3.63) is 11.7 Å². The van der Waals surface area contributed by atoms with Crippen LogP contribution in [0, 0.1) is 6.92 Å². The van der Waals surface area contributed by atoms with Crippen LogP contribution >= 0.6 is 0 Å². The Bertz CT molecular complexity index is 415. The van der Waals surface area contributed by atoms with Gasteiger partial charge >= 0.3 is 0 Å². The zero-order valence-corrected chi connectivity index (χ0v) is 11.4. The molecule has 2 heterocycles. The fraction of sp³-hybridized carbons (Fsp3) is 0.750. The SMILES string of the molecule is Cc1noc(CCNC(C)C(=O)N2CCOCC2)n1. The smallest absolute Gasteiger partial charge is 0.239 e. The van der Waals surface area contributed by atoms with Crippen molar-refractivity contribution in [1.82, 2.24) is 20.4 Å². The molecular formula is C12H20N4O3. The lowest BCUT2D eigenvalue weighted by atomic mass is 10.2. The van der Waals surface area contributed by atoms with Gasteiger partial charge in [-0.1, -0.05) is 5.16 Å². The van der Waals surface area contributed by atoms with E-state index in [-0.39, 0.29) is 11.9 Å². The van der Waals surface area contributed by atoms with Gasteiger partial charge in [0.05, 0.1) is 19.3 Å². The van der Waals surface area contributed by atoms with E-state index in [1.165, 1.54) is 0 Å². The third-order valence-electron chi connectivity index (χ3n) is 3.05. The molecule has 1 aromatic rings. The normalized spacial score (nSPS) is 17.5. The number of amides is 1. The van der Waals surface area contributed by atoms with Crippen LogP contribution in [-0.2, 0) is 16.0 Å². The Balaban J connectivity index is 1.71. The van der Waals surface area contributed by atoms with Gasteiger partial charge in [0.15, 0.2) is 5.82 Å². The van der Waals surface area contributed by atoms with E-state index in [4.69, 9.17) is 9.26 Å². The topological polar surface area (TPSA) is 80.5 Å². The van der Waals surface area contributed by atoms with Crippen LogP contribution in [0.25, 0.3) is 0 Å². The predicted molar refractivity (Wildman–Crippen MR) is 67.6 cm³/mol. The average Bonchev–Trinajstić information content (AvgIpc) is 2.84. The van der Waals surface area contributed by atoms with Crippen LogP contribution in [0.1, 0.15) is 18.6 Å². The minimum Gasteiger partial charge on any atom is -0.378 e. The number of aryl methyl sites for hydroxylation is 1. The molecule has 0 saturated carbocycles. The molecule has 1 atom stereocenters. The van der Waals surface area contributed by atoms with Gasteiger partial charge in [-0.3, -0.25) is 4.79 Å². The number of hydrogen-bond donors (Lipinski definition) is 1. The van der Waals surface area contributed by atoms with Crippen molar-refractivity contribution < 1.29 is 14.1 Å². The number of aromatic nitrogens is 2. The van der Waals surface area contributed by atoms with E-state index in [1.54, 1.807) is 6.92 Å². The van der Waals surface area contributed by atoms with Gasteiger partial charge in [-0.05, 0) is 13.8 Å². The number of rotatable bonds is 5. The minimum absolute atomic E-state index is 0.116. The van der Waals surface area contributed by atoms with E-state index in [1.807, 2.05) is 11.8 Å². The van der Waals surface area contributed by atoms with Gasteiger partial charge in [0, 0.05) is 26.1 Å². The maximum atomic E-state index is 12.1. The summed E-state index contributed by atoms with van der Waals surface area (Å²) in [5, 5.41) is 6.90. The standard InChI is InChI=1S/C12H20N4O3/c1-9(12(17)16-5-7-18-8-6-16)13-4-3-11-14-10(2)15-19-11/h9,13H,3-8H2,1-2H3. The van der Waals surface area contributed by atoms with Gasteiger partial charge in [0.1, 0.15) is 0 Å². The highest BCUT2D eigenvalue weighted by atomic mass is 16.5. The molecule has 0 aliphatic carbocycles. The lowest BCUT2D eigenvalue weighted by Crippen LogP contribution is -2.49. The number of nitrogens with one attached hydrogen (secondary N) is 1. The largest absolute Gasteiger partial charge is 0.378 e. The molecule has 1 aliphatic rings. The van der Waals surface area contributed by atoms with Crippen molar-refractivity contribution in [2.75, 3.05) is 32.8 Å². The molecular weight excluding hydrogens is 248 g/mol. The molecule has 7 nitrogen and oxygen atoms in total. The lowest BCUT2D eigenvalue weighted by molar-refractivity contribution is -0.137. The fourth-order valence-electron chi connectivity index (χ4n) is 1.98. The van der Waals surface area contributed by atoms with Gasteiger partial charge < -0.3 is 19.5 Å². The predicted octanol–water partition coefficient (Wildman–Crippen LogP) is -0.243. The quantitative estimate of drug-likeness (QED) is 0.793. The molecule has 1 amide bonds. The van der Waals surface area contributed by atoms with E-state index >= 15 is 0 Å². The highest BCUT2D eigenvalue weighted by Crippen LogP contribution is 2.01. The van der Waals surface area contributed by atoms with Crippen LogP contribution in [0.15, 0.2) is 4.52 Å². The maximum absolute atomic E-state index is 12.1. The second kappa shape index (κ2) is 6.63. The Morgan fingerprint density at radius 1 is 1.47 bits per heavy atom. The van der Waals surface area contributed by atoms with Crippen LogP contribution in [0.5, 0.6) is 0 Å². The van der Waals surface area contributed by atoms with E-state index in [2.05, 4.69) is 15.5 Å². The molecule has 0 bridgehead atoms. The number of morpholine rings is 1. The zero-order valence-electron chi connectivity index (χ0n) is 11.4. The number of nitrogens with zero attached hydrogens (tertiary/aromatic N) is 3. The number of carbonyl (C=O) groups excluding carboxylic acids is 1. The highest BCUT2D eigenvalue weighted by Gasteiger charge is 2.21. The second-order valence-electron chi connectivity index (χ2n) is 4.60. The number of carbonyl (C=O) groups is 1. The summed E-state index contributed by atoms with van der Waals surface area (Å²) >= 11 is 0. The Morgan fingerprint density at radius 2 is 2.21 bits per heavy atom. The zero-order chi connectivity index (χ0) is 13.7. The van der Waals surface area contributed by atoms with E-state index in [0.29, 0.717) is 51.0 Å². The van der Waals surface area contributed by atoms with E-state index in [9.17, 15) is 4.79 Å². The van der Waals surface area contributed by atoms with Crippen molar-refractivity contribution in [2.45, 2.75) is 26.3 Å². The first-order valence-electron chi connectivity index (χ1n) is 6.56. The van der Waals surface area contributed by atoms with Crippen molar-refractivity contribution in [1.29, 1.82) is 0 Å². The summed E-state index contributed by atoms with van der Waals surface area (Å²) in [6.45, 7) is 6.89. The van der Waals surface area contributed by atoms with Gasteiger partial charge in [0.25, 0.3) is 0 Å². The van der Waals surface area contributed by atoms with Gasteiger partial charge in [-0.25, -0.2) is 0 Å².